The van der Waals surface area contributed by atoms with Crippen LogP contribution in [0.15, 0.2) is 53.3 Å². The molecule has 2 N–H and O–H groups in total. The Balaban J connectivity index is 1.25. The van der Waals surface area contributed by atoms with Gasteiger partial charge < -0.3 is 5.32 Å². The number of hydrogen-bond donors (Lipinski definition) is 2. The van der Waals surface area contributed by atoms with Crippen molar-refractivity contribution < 1.29 is 4.79 Å². The molecule has 5 heteroatoms. The average Bonchev–Trinajstić information content (AvgIpc) is 3.19. The van der Waals surface area contributed by atoms with Crippen LogP contribution in [-0.2, 0) is 11.2 Å². The Morgan fingerprint density at radius 1 is 0.931 bits per heavy atom. The Labute approximate surface area is 169 Å². The molecule has 1 amide bonds. The monoisotopic (exact) mass is 387 g/mol. The van der Waals surface area contributed by atoms with Crippen molar-refractivity contribution in [3.63, 3.8) is 0 Å². The Bertz CT molecular complexity index is 1110. The number of carbonyl (C=O) groups excluding carboxylic acids is 1. The number of carbonyl (C=O) groups is 1. The Morgan fingerprint density at radius 3 is 2.48 bits per heavy atom. The van der Waals surface area contributed by atoms with Crippen LogP contribution >= 0.6 is 0 Å². The summed E-state index contributed by atoms with van der Waals surface area (Å²) in [6.07, 6.45) is 5.73. The summed E-state index contributed by atoms with van der Waals surface area (Å²) < 4.78 is 0. The molecule has 1 saturated carbocycles. The van der Waals surface area contributed by atoms with E-state index in [1.54, 1.807) is 0 Å². The molecule has 29 heavy (non-hydrogen) atoms. The first-order valence-electron chi connectivity index (χ1n) is 10.6. The largest absolute Gasteiger partial charge is 0.353 e. The van der Waals surface area contributed by atoms with E-state index >= 15 is 0 Å². The minimum atomic E-state index is -0.137. The number of nitrogens with zero attached hydrogens (tertiary/aromatic N) is 1. The number of amides is 1. The van der Waals surface area contributed by atoms with Crippen LogP contribution < -0.4 is 10.9 Å². The average molecular weight is 387 g/mol. The number of hydrogen-bond acceptors (Lipinski definition) is 3. The predicted molar refractivity (Wildman–Crippen MR) is 113 cm³/mol. The van der Waals surface area contributed by atoms with Gasteiger partial charge in [0.05, 0.1) is 17.0 Å². The van der Waals surface area contributed by atoms with Crippen LogP contribution in [0.5, 0.6) is 0 Å². The van der Waals surface area contributed by atoms with E-state index in [-0.39, 0.29) is 23.4 Å². The molecular weight excluding hydrogens is 362 g/mol. The van der Waals surface area contributed by atoms with Gasteiger partial charge >= 0.3 is 0 Å². The molecule has 0 radical (unpaired) electrons. The lowest BCUT2D eigenvalue weighted by Crippen LogP contribution is -2.39. The van der Waals surface area contributed by atoms with Gasteiger partial charge in [0.15, 0.2) is 0 Å². The van der Waals surface area contributed by atoms with E-state index in [4.69, 9.17) is 0 Å². The maximum Gasteiger partial charge on any atom is 0.272 e. The first kappa shape index (κ1) is 18.1. The lowest BCUT2D eigenvalue weighted by Gasteiger charge is -2.30. The fourth-order valence-electron chi connectivity index (χ4n) is 5.09. The number of benzene rings is 2. The fraction of sp³-hybridized carbons (Fsp3) is 0.375. The van der Waals surface area contributed by atoms with Gasteiger partial charge in [-0.05, 0) is 55.7 Å². The molecule has 3 aromatic rings. The molecular formula is C24H25N3O2. The van der Waals surface area contributed by atoms with Crippen molar-refractivity contribution in [2.24, 2.45) is 0 Å². The van der Waals surface area contributed by atoms with Gasteiger partial charge in [0.2, 0.25) is 5.91 Å². The van der Waals surface area contributed by atoms with Crippen LogP contribution in [0.3, 0.4) is 0 Å². The molecule has 0 bridgehead atoms. The maximum absolute atomic E-state index is 12.9. The lowest BCUT2D eigenvalue weighted by molar-refractivity contribution is -0.123. The summed E-state index contributed by atoms with van der Waals surface area (Å²) in [5, 5.41) is 12.0. The smallest absolute Gasteiger partial charge is 0.272 e. The normalized spacial score (nSPS) is 23.7. The zero-order valence-electron chi connectivity index (χ0n) is 16.4. The van der Waals surface area contributed by atoms with Crippen LogP contribution in [-0.4, -0.2) is 22.1 Å². The number of rotatable bonds is 3. The lowest BCUT2D eigenvalue weighted by atomic mass is 9.82. The summed E-state index contributed by atoms with van der Waals surface area (Å²) in [4.78, 5) is 24.9. The third kappa shape index (κ3) is 3.35. The molecule has 1 aromatic heterocycles. The van der Waals surface area contributed by atoms with Crippen LogP contribution in [0.1, 0.15) is 60.8 Å². The number of nitrogens with one attached hydrogen (secondary N) is 2. The number of aromatic amines is 1. The third-order valence-corrected chi connectivity index (χ3v) is 6.64. The number of aromatic nitrogens is 2. The molecule has 5 nitrogen and oxygen atoms in total. The molecule has 5 rings (SSSR count). The summed E-state index contributed by atoms with van der Waals surface area (Å²) in [5.74, 6) is 0.483. The summed E-state index contributed by atoms with van der Waals surface area (Å²) in [5.41, 5.74) is 3.35. The highest BCUT2D eigenvalue weighted by Crippen LogP contribution is 2.36. The van der Waals surface area contributed by atoms with E-state index in [2.05, 4.69) is 33.7 Å². The third-order valence-electron chi connectivity index (χ3n) is 6.64. The van der Waals surface area contributed by atoms with Crippen molar-refractivity contribution in [2.45, 2.75) is 56.4 Å². The molecule has 2 aliphatic carbocycles. The minimum Gasteiger partial charge on any atom is -0.353 e. The molecule has 0 aliphatic heterocycles. The summed E-state index contributed by atoms with van der Waals surface area (Å²) in [7, 11) is 0. The maximum atomic E-state index is 12.9. The van der Waals surface area contributed by atoms with Gasteiger partial charge in [-0.1, -0.05) is 42.5 Å². The summed E-state index contributed by atoms with van der Waals surface area (Å²) in [6, 6.07) is 16.2. The molecule has 1 fully saturated rings. The molecule has 1 atom stereocenters. The first-order chi connectivity index (χ1) is 14.2. The highest BCUT2D eigenvalue weighted by Gasteiger charge is 2.31. The number of fused-ring (bicyclic) bond motifs is 2. The second-order valence-electron chi connectivity index (χ2n) is 8.33. The van der Waals surface area contributed by atoms with Gasteiger partial charge in [0.25, 0.3) is 5.56 Å². The van der Waals surface area contributed by atoms with E-state index < -0.39 is 0 Å². The van der Waals surface area contributed by atoms with E-state index in [0.717, 1.165) is 49.6 Å². The molecule has 0 saturated heterocycles. The minimum absolute atomic E-state index is 0.00580. The van der Waals surface area contributed by atoms with Gasteiger partial charge in [-0.2, -0.15) is 5.10 Å². The van der Waals surface area contributed by atoms with Gasteiger partial charge in [-0.3, -0.25) is 9.59 Å². The molecule has 1 unspecified atom stereocenters. The zero-order valence-corrected chi connectivity index (χ0v) is 16.4. The standard InChI is InChI=1S/C24H25N3O2/c28-23(21-14-11-15-5-1-2-6-18(15)21)25-17-12-9-16(10-13-17)22-19-7-3-4-8-20(19)24(29)27-26-22/h1-8,16-17,21H,9-14H2,(H,25,28)(H,27,29). The summed E-state index contributed by atoms with van der Waals surface area (Å²) >= 11 is 0. The van der Waals surface area contributed by atoms with Crippen molar-refractivity contribution in [1.82, 2.24) is 15.5 Å². The van der Waals surface area contributed by atoms with Gasteiger partial charge in [-0.15, -0.1) is 0 Å². The highest BCUT2D eigenvalue weighted by molar-refractivity contribution is 5.85. The molecule has 0 spiro atoms. The number of H-pyrrole nitrogens is 1. The Hall–Kier alpha value is -2.95. The molecule has 148 valence electrons. The zero-order chi connectivity index (χ0) is 19.8. The van der Waals surface area contributed by atoms with Crippen molar-refractivity contribution in [3.05, 3.63) is 75.7 Å². The van der Waals surface area contributed by atoms with Crippen LogP contribution in [0.4, 0.5) is 0 Å². The Kier molecular flexibility index (Phi) is 4.66. The molecule has 2 aromatic carbocycles. The topological polar surface area (TPSA) is 74.8 Å². The van der Waals surface area contributed by atoms with Crippen LogP contribution in [0, 0.1) is 0 Å². The van der Waals surface area contributed by atoms with Gasteiger partial charge in [0, 0.05) is 17.3 Å². The van der Waals surface area contributed by atoms with E-state index in [9.17, 15) is 9.59 Å². The van der Waals surface area contributed by atoms with E-state index in [1.807, 2.05) is 30.3 Å². The summed E-state index contributed by atoms with van der Waals surface area (Å²) in [6.45, 7) is 0. The molecule has 2 aliphatic rings. The van der Waals surface area contributed by atoms with E-state index in [0.29, 0.717) is 11.3 Å². The van der Waals surface area contributed by atoms with Gasteiger partial charge in [-0.25, -0.2) is 5.10 Å². The van der Waals surface area contributed by atoms with Gasteiger partial charge in [0.1, 0.15) is 0 Å². The van der Waals surface area contributed by atoms with Crippen molar-refractivity contribution in [3.8, 4) is 0 Å². The quantitative estimate of drug-likeness (QED) is 0.718. The van der Waals surface area contributed by atoms with Crippen LogP contribution in [0.2, 0.25) is 0 Å². The SMILES string of the molecule is O=C(NC1CCC(c2n[nH]c(=O)c3ccccc23)CC1)C1CCc2ccccc21. The predicted octanol–water partition coefficient (Wildman–Crippen LogP) is 3.80. The van der Waals surface area contributed by atoms with Crippen molar-refractivity contribution >= 4 is 16.7 Å². The van der Waals surface area contributed by atoms with Crippen molar-refractivity contribution in [2.75, 3.05) is 0 Å². The fourth-order valence-corrected chi connectivity index (χ4v) is 5.09. The highest BCUT2D eigenvalue weighted by atomic mass is 16.2. The first-order valence-corrected chi connectivity index (χ1v) is 10.6. The Morgan fingerprint density at radius 2 is 1.66 bits per heavy atom. The number of aryl methyl sites for hydroxylation is 1. The second-order valence-corrected chi connectivity index (χ2v) is 8.33. The molecule has 1 heterocycles. The van der Waals surface area contributed by atoms with E-state index in [1.165, 1.54) is 11.1 Å². The van der Waals surface area contributed by atoms with Crippen molar-refractivity contribution in [1.29, 1.82) is 0 Å². The van der Waals surface area contributed by atoms with Crippen LogP contribution in [0.25, 0.3) is 10.8 Å². The second kappa shape index (κ2) is 7.47.